The predicted octanol–water partition coefficient (Wildman–Crippen LogP) is 2.94. The zero-order valence-corrected chi connectivity index (χ0v) is 12.8. The van der Waals surface area contributed by atoms with Gasteiger partial charge in [0.05, 0.1) is 7.11 Å². The molecule has 0 saturated heterocycles. The molecular formula is C16H22N4O. The number of hydrogen-bond acceptors (Lipinski definition) is 5. The van der Waals surface area contributed by atoms with Crippen LogP contribution in [0.15, 0.2) is 36.7 Å². The van der Waals surface area contributed by atoms with Crippen LogP contribution in [0.5, 0.6) is 5.75 Å². The monoisotopic (exact) mass is 286 g/mol. The highest BCUT2D eigenvalue weighted by Gasteiger charge is 2.06. The van der Waals surface area contributed by atoms with E-state index in [1.165, 1.54) is 0 Å². The molecule has 0 atom stereocenters. The molecule has 5 heteroatoms. The Balaban J connectivity index is 2.08. The molecule has 2 rings (SSSR count). The zero-order chi connectivity index (χ0) is 15.1. The summed E-state index contributed by atoms with van der Waals surface area (Å²) in [7, 11) is 1.68. The fourth-order valence-corrected chi connectivity index (χ4v) is 2.20. The van der Waals surface area contributed by atoms with Crippen molar-refractivity contribution in [3.05, 3.63) is 42.2 Å². The van der Waals surface area contributed by atoms with Gasteiger partial charge in [-0.15, -0.1) is 0 Å². The van der Waals surface area contributed by atoms with E-state index in [9.17, 15) is 0 Å². The van der Waals surface area contributed by atoms with Crippen LogP contribution in [-0.4, -0.2) is 30.2 Å². The topological polar surface area (TPSA) is 50.3 Å². The van der Waals surface area contributed by atoms with Crippen molar-refractivity contribution in [3.8, 4) is 5.75 Å². The Morgan fingerprint density at radius 3 is 2.62 bits per heavy atom. The molecule has 0 fully saturated rings. The maximum absolute atomic E-state index is 5.35. The van der Waals surface area contributed by atoms with E-state index in [0.717, 1.165) is 36.0 Å². The van der Waals surface area contributed by atoms with Crippen LogP contribution in [0.1, 0.15) is 19.4 Å². The summed E-state index contributed by atoms with van der Waals surface area (Å²) in [4.78, 5) is 10.8. The van der Waals surface area contributed by atoms with Gasteiger partial charge < -0.3 is 15.0 Å². The lowest BCUT2D eigenvalue weighted by Gasteiger charge is -2.20. The normalized spacial score (nSPS) is 10.2. The molecule has 1 aromatic carbocycles. The van der Waals surface area contributed by atoms with Crippen molar-refractivity contribution in [1.29, 1.82) is 0 Å². The van der Waals surface area contributed by atoms with Gasteiger partial charge in [-0.25, -0.2) is 9.97 Å². The van der Waals surface area contributed by atoms with Crippen LogP contribution in [0, 0.1) is 0 Å². The molecule has 0 unspecified atom stereocenters. The summed E-state index contributed by atoms with van der Waals surface area (Å²) in [6.45, 7) is 6.76. The van der Waals surface area contributed by atoms with Crippen LogP contribution in [-0.2, 0) is 6.54 Å². The first-order valence-corrected chi connectivity index (χ1v) is 7.21. The maximum Gasteiger partial charge on any atom is 0.134 e. The first-order valence-electron chi connectivity index (χ1n) is 7.21. The molecule has 21 heavy (non-hydrogen) atoms. The van der Waals surface area contributed by atoms with Gasteiger partial charge in [-0.2, -0.15) is 0 Å². The molecule has 0 amide bonds. The fourth-order valence-electron chi connectivity index (χ4n) is 2.20. The summed E-state index contributed by atoms with van der Waals surface area (Å²) in [5.74, 6) is 2.64. The van der Waals surface area contributed by atoms with Gasteiger partial charge in [0, 0.05) is 31.3 Å². The molecule has 1 heterocycles. The van der Waals surface area contributed by atoms with Crippen LogP contribution in [0.25, 0.3) is 0 Å². The van der Waals surface area contributed by atoms with Crippen LogP contribution >= 0.6 is 0 Å². The molecule has 0 aliphatic rings. The van der Waals surface area contributed by atoms with Gasteiger partial charge >= 0.3 is 0 Å². The number of ether oxygens (including phenoxy) is 1. The summed E-state index contributed by atoms with van der Waals surface area (Å²) in [5.41, 5.74) is 1.10. The van der Waals surface area contributed by atoms with E-state index in [1.807, 2.05) is 30.3 Å². The standard InChI is InChI=1S/C16H22N4O/c1-4-20(5-2)16-10-15(18-12-19-16)17-11-13-8-6-7-9-14(13)21-3/h6-10,12H,4-5,11H2,1-3H3,(H,17,18,19). The quantitative estimate of drug-likeness (QED) is 0.848. The SMILES string of the molecule is CCN(CC)c1cc(NCc2ccccc2OC)ncn1. The molecule has 112 valence electrons. The van der Waals surface area contributed by atoms with E-state index in [4.69, 9.17) is 4.74 Å². The Morgan fingerprint density at radius 1 is 1.14 bits per heavy atom. The number of benzene rings is 1. The van der Waals surface area contributed by atoms with Crippen molar-refractivity contribution in [2.75, 3.05) is 30.4 Å². The van der Waals surface area contributed by atoms with E-state index in [2.05, 4.69) is 34.0 Å². The Hall–Kier alpha value is -2.30. The lowest BCUT2D eigenvalue weighted by atomic mass is 10.2. The highest BCUT2D eigenvalue weighted by molar-refractivity contribution is 5.49. The Labute approximate surface area is 126 Å². The average Bonchev–Trinajstić information content (AvgIpc) is 2.55. The number of aromatic nitrogens is 2. The van der Waals surface area contributed by atoms with Crippen molar-refractivity contribution in [3.63, 3.8) is 0 Å². The largest absolute Gasteiger partial charge is 0.496 e. The minimum atomic E-state index is 0.665. The van der Waals surface area contributed by atoms with E-state index in [0.29, 0.717) is 6.54 Å². The summed E-state index contributed by atoms with van der Waals surface area (Å²) in [6.07, 6.45) is 1.60. The highest BCUT2D eigenvalue weighted by atomic mass is 16.5. The smallest absolute Gasteiger partial charge is 0.134 e. The minimum absolute atomic E-state index is 0.665. The summed E-state index contributed by atoms with van der Waals surface area (Å²) >= 11 is 0. The van der Waals surface area contributed by atoms with Crippen LogP contribution in [0.3, 0.4) is 0 Å². The first kappa shape index (κ1) is 15.1. The number of nitrogens with zero attached hydrogens (tertiary/aromatic N) is 3. The molecular weight excluding hydrogens is 264 g/mol. The van der Waals surface area contributed by atoms with Crippen LogP contribution in [0.4, 0.5) is 11.6 Å². The maximum atomic E-state index is 5.35. The fraction of sp³-hybridized carbons (Fsp3) is 0.375. The van der Waals surface area contributed by atoms with Crippen molar-refractivity contribution in [1.82, 2.24) is 9.97 Å². The van der Waals surface area contributed by atoms with Crippen molar-refractivity contribution in [2.45, 2.75) is 20.4 Å². The molecule has 5 nitrogen and oxygen atoms in total. The van der Waals surface area contributed by atoms with Gasteiger partial charge in [0.25, 0.3) is 0 Å². The number of para-hydroxylation sites is 1. The number of hydrogen-bond donors (Lipinski definition) is 1. The highest BCUT2D eigenvalue weighted by Crippen LogP contribution is 2.19. The molecule has 0 aliphatic heterocycles. The second-order valence-electron chi connectivity index (χ2n) is 4.60. The second kappa shape index (κ2) is 7.47. The second-order valence-corrected chi connectivity index (χ2v) is 4.60. The van der Waals surface area contributed by atoms with E-state index < -0.39 is 0 Å². The molecule has 1 aromatic heterocycles. The van der Waals surface area contributed by atoms with Crippen LogP contribution < -0.4 is 15.0 Å². The lowest BCUT2D eigenvalue weighted by Crippen LogP contribution is -2.23. The van der Waals surface area contributed by atoms with Crippen LogP contribution in [0.2, 0.25) is 0 Å². The number of anilines is 2. The third kappa shape index (κ3) is 3.84. The van der Waals surface area contributed by atoms with E-state index in [1.54, 1.807) is 13.4 Å². The Bertz CT molecular complexity index is 570. The molecule has 0 aliphatic carbocycles. The molecule has 0 bridgehead atoms. The molecule has 0 spiro atoms. The first-order chi connectivity index (χ1) is 10.3. The van der Waals surface area contributed by atoms with Gasteiger partial charge in [-0.3, -0.25) is 0 Å². The van der Waals surface area contributed by atoms with Gasteiger partial charge in [0.1, 0.15) is 23.7 Å². The van der Waals surface area contributed by atoms with E-state index in [-0.39, 0.29) is 0 Å². The molecule has 2 aromatic rings. The third-order valence-electron chi connectivity index (χ3n) is 3.39. The van der Waals surface area contributed by atoms with Gasteiger partial charge in [-0.1, -0.05) is 18.2 Å². The van der Waals surface area contributed by atoms with Gasteiger partial charge in [0.15, 0.2) is 0 Å². The number of nitrogens with one attached hydrogen (secondary N) is 1. The van der Waals surface area contributed by atoms with Gasteiger partial charge in [-0.05, 0) is 19.9 Å². The average molecular weight is 286 g/mol. The lowest BCUT2D eigenvalue weighted by molar-refractivity contribution is 0.410. The van der Waals surface area contributed by atoms with Crippen molar-refractivity contribution in [2.24, 2.45) is 0 Å². The van der Waals surface area contributed by atoms with Crippen molar-refractivity contribution >= 4 is 11.6 Å². The Kier molecular flexibility index (Phi) is 5.37. The third-order valence-corrected chi connectivity index (χ3v) is 3.39. The van der Waals surface area contributed by atoms with E-state index >= 15 is 0 Å². The summed E-state index contributed by atoms with van der Waals surface area (Å²) in [6, 6.07) is 9.94. The summed E-state index contributed by atoms with van der Waals surface area (Å²) in [5, 5.41) is 3.32. The van der Waals surface area contributed by atoms with Gasteiger partial charge in [0.2, 0.25) is 0 Å². The minimum Gasteiger partial charge on any atom is -0.496 e. The predicted molar refractivity (Wildman–Crippen MR) is 85.9 cm³/mol. The number of methoxy groups -OCH3 is 1. The molecule has 1 N–H and O–H groups in total. The molecule has 0 saturated carbocycles. The number of rotatable bonds is 7. The molecule has 0 radical (unpaired) electrons. The summed E-state index contributed by atoms with van der Waals surface area (Å²) < 4.78 is 5.35. The van der Waals surface area contributed by atoms with Crippen molar-refractivity contribution < 1.29 is 4.74 Å². The Morgan fingerprint density at radius 2 is 1.90 bits per heavy atom. The zero-order valence-electron chi connectivity index (χ0n) is 12.8.